The number of aromatic amines is 1. The number of halogens is 1. The number of piperidine rings is 1. The fraction of sp³-hybridized carbons (Fsp3) is 0.583. The van der Waals surface area contributed by atoms with Crippen LogP contribution in [0.4, 0.5) is 5.82 Å². The quantitative estimate of drug-likeness (QED) is 0.805. The van der Waals surface area contributed by atoms with E-state index in [4.69, 9.17) is 11.6 Å². The van der Waals surface area contributed by atoms with E-state index in [0.29, 0.717) is 17.5 Å². The molecule has 3 heterocycles. The highest BCUT2D eigenvalue weighted by atomic mass is 35.5. The number of fused-ring (bicyclic) bond motifs is 1. The summed E-state index contributed by atoms with van der Waals surface area (Å²) in [5, 5.41) is 0.260. The van der Waals surface area contributed by atoms with Crippen molar-refractivity contribution in [2.75, 3.05) is 18.0 Å². The van der Waals surface area contributed by atoms with Crippen LogP contribution in [-0.2, 0) is 0 Å². The Labute approximate surface area is 111 Å². The summed E-state index contributed by atoms with van der Waals surface area (Å²) in [6.07, 6.45) is 2.90. The minimum atomic E-state index is 0.260. The number of rotatable bonds is 1. The molecule has 1 saturated heterocycles. The van der Waals surface area contributed by atoms with Crippen molar-refractivity contribution in [1.82, 2.24) is 19.9 Å². The molecule has 0 aliphatic carbocycles. The normalized spacial score (nSPS) is 24.7. The monoisotopic (exact) mass is 265 g/mol. The van der Waals surface area contributed by atoms with Gasteiger partial charge >= 0.3 is 0 Å². The van der Waals surface area contributed by atoms with Crippen molar-refractivity contribution in [2.45, 2.75) is 20.3 Å². The third-order valence-electron chi connectivity index (χ3n) is 3.41. The molecule has 2 atom stereocenters. The van der Waals surface area contributed by atoms with E-state index in [1.807, 2.05) is 0 Å². The van der Waals surface area contributed by atoms with Crippen molar-refractivity contribution in [3.8, 4) is 0 Å². The fourth-order valence-corrected chi connectivity index (χ4v) is 3.02. The maximum Gasteiger partial charge on any atom is 0.226 e. The van der Waals surface area contributed by atoms with Crippen molar-refractivity contribution in [3.05, 3.63) is 11.6 Å². The Morgan fingerprint density at radius 2 is 2.00 bits per heavy atom. The first-order valence-corrected chi connectivity index (χ1v) is 6.63. The molecular weight excluding hydrogens is 250 g/mol. The third-order valence-corrected chi connectivity index (χ3v) is 3.58. The lowest BCUT2D eigenvalue weighted by molar-refractivity contribution is 0.356. The number of hydrogen-bond acceptors (Lipinski definition) is 4. The highest BCUT2D eigenvalue weighted by molar-refractivity contribution is 6.28. The Morgan fingerprint density at radius 1 is 1.28 bits per heavy atom. The first-order valence-electron chi connectivity index (χ1n) is 6.25. The number of nitrogens with one attached hydrogen (secondary N) is 1. The largest absolute Gasteiger partial charge is 0.354 e. The zero-order chi connectivity index (χ0) is 12.7. The van der Waals surface area contributed by atoms with Crippen molar-refractivity contribution in [3.63, 3.8) is 0 Å². The molecule has 18 heavy (non-hydrogen) atoms. The van der Waals surface area contributed by atoms with Gasteiger partial charge in [-0.1, -0.05) is 13.8 Å². The van der Waals surface area contributed by atoms with Crippen molar-refractivity contribution in [2.24, 2.45) is 11.8 Å². The molecule has 2 aromatic rings. The molecular formula is C12H16ClN5. The molecule has 96 valence electrons. The van der Waals surface area contributed by atoms with Crippen molar-refractivity contribution >= 4 is 28.6 Å². The summed E-state index contributed by atoms with van der Waals surface area (Å²) in [5.41, 5.74) is 1.51. The average Bonchev–Trinajstić information content (AvgIpc) is 2.74. The van der Waals surface area contributed by atoms with Gasteiger partial charge in [0.25, 0.3) is 0 Å². The van der Waals surface area contributed by atoms with Gasteiger partial charge in [-0.15, -0.1) is 0 Å². The predicted octanol–water partition coefficient (Wildman–Crippen LogP) is 2.49. The van der Waals surface area contributed by atoms with Gasteiger partial charge in [0.05, 0.1) is 6.33 Å². The second-order valence-corrected chi connectivity index (χ2v) is 5.61. The Morgan fingerprint density at radius 3 is 2.72 bits per heavy atom. The standard InChI is InChI=1S/C12H16ClN5/c1-7-3-8(2)5-18(4-7)11-9-10(15-6-14-9)16-12(13)17-11/h6-8H,3-5H2,1-2H3,(H,14,15,16,17). The molecule has 0 bridgehead atoms. The number of hydrogen-bond donors (Lipinski definition) is 1. The van der Waals surface area contributed by atoms with Gasteiger partial charge in [-0.2, -0.15) is 9.97 Å². The van der Waals surface area contributed by atoms with Gasteiger partial charge in [-0.3, -0.25) is 0 Å². The third kappa shape index (κ3) is 2.03. The Hall–Kier alpha value is -1.36. The second-order valence-electron chi connectivity index (χ2n) is 5.27. The molecule has 0 radical (unpaired) electrons. The highest BCUT2D eigenvalue weighted by Gasteiger charge is 2.25. The van der Waals surface area contributed by atoms with Crippen LogP contribution in [0.25, 0.3) is 11.2 Å². The molecule has 1 aliphatic rings. The molecule has 1 aliphatic heterocycles. The molecule has 1 fully saturated rings. The fourth-order valence-electron chi connectivity index (χ4n) is 2.86. The summed E-state index contributed by atoms with van der Waals surface area (Å²) in [7, 11) is 0. The number of aromatic nitrogens is 4. The Kier molecular flexibility index (Phi) is 2.86. The summed E-state index contributed by atoms with van der Waals surface area (Å²) in [6.45, 7) is 6.56. The summed E-state index contributed by atoms with van der Waals surface area (Å²) in [5.74, 6) is 2.21. The molecule has 6 heteroatoms. The molecule has 0 aromatic carbocycles. The van der Waals surface area contributed by atoms with E-state index in [9.17, 15) is 0 Å². The highest BCUT2D eigenvalue weighted by Crippen LogP contribution is 2.29. The lowest BCUT2D eigenvalue weighted by Crippen LogP contribution is -2.39. The van der Waals surface area contributed by atoms with Crippen LogP contribution < -0.4 is 4.90 Å². The Bertz CT molecular complexity index is 557. The lowest BCUT2D eigenvalue weighted by atomic mass is 9.92. The number of nitrogens with zero attached hydrogens (tertiary/aromatic N) is 4. The van der Waals surface area contributed by atoms with Crippen LogP contribution >= 0.6 is 11.6 Å². The van der Waals surface area contributed by atoms with Crippen LogP contribution in [0, 0.1) is 11.8 Å². The van der Waals surface area contributed by atoms with E-state index in [1.165, 1.54) is 6.42 Å². The van der Waals surface area contributed by atoms with E-state index in [2.05, 4.69) is 38.7 Å². The van der Waals surface area contributed by atoms with Crippen LogP contribution in [-0.4, -0.2) is 33.0 Å². The molecule has 0 amide bonds. The number of H-pyrrole nitrogens is 1. The minimum Gasteiger partial charge on any atom is -0.354 e. The van der Waals surface area contributed by atoms with Gasteiger partial charge in [-0.25, -0.2) is 4.98 Å². The molecule has 2 unspecified atom stereocenters. The average molecular weight is 266 g/mol. The molecule has 5 nitrogen and oxygen atoms in total. The number of anilines is 1. The molecule has 2 aromatic heterocycles. The SMILES string of the molecule is CC1CC(C)CN(c2nc(Cl)nc3nc[nH]c23)C1. The topological polar surface area (TPSA) is 57.7 Å². The summed E-state index contributed by atoms with van der Waals surface area (Å²) >= 11 is 5.97. The van der Waals surface area contributed by atoms with E-state index in [0.717, 1.165) is 24.4 Å². The van der Waals surface area contributed by atoms with Crippen LogP contribution in [0.1, 0.15) is 20.3 Å². The van der Waals surface area contributed by atoms with E-state index in [1.54, 1.807) is 6.33 Å². The summed E-state index contributed by atoms with van der Waals surface area (Å²) in [4.78, 5) is 18.0. The van der Waals surface area contributed by atoms with Gasteiger partial charge < -0.3 is 9.88 Å². The van der Waals surface area contributed by atoms with E-state index < -0.39 is 0 Å². The van der Waals surface area contributed by atoms with Gasteiger partial charge in [0.2, 0.25) is 5.28 Å². The van der Waals surface area contributed by atoms with Crippen LogP contribution in [0.3, 0.4) is 0 Å². The molecule has 0 spiro atoms. The first-order chi connectivity index (χ1) is 8.63. The van der Waals surface area contributed by atoms with Gasteiger partial charge in [0.1, 0.15) is 5.52 Å². The van der Waals surface area contributed by atoms with Crippen LogP contribution in [0.15, 0.2) is 6.33 Å². The van der Waals surface area contributed by atoms with E-state index >= 15 is 0 Å². The van der Waals surface area contributed by atoms with Gasteiger partial charge in [0.15, 0.2) is 11.5 Å². The Balaban J connectivity index is 2.05. The maximum atomic E-state index is 5.97. The molecule has 3 rings (SSSR count). The number of imidazole rings is 1. The zero-order valence-corrected chi connectivity index (χ0v) is 11.3. The van der Waals surface area contributed by atoms with Gasteiger partial charge in [-0.05, 0) is 29.9 Å². The maximum absolute atomic E-state index is 5.97. The predicted molar refractivity (Wildman–Crippen MR) is 71.9 cm³/mol. The van der Waals surface area contributed by atoms with Crippen LogP contribution in [0.5, 0.6) is 0 Å². The first kappa shape index (κ1) is 11.7. The molecule has 0 saturated carbocycles. The van der Waals surface area contributed by atoms with Crippen molar-refractivity contribution < 1.29 is 0 Å². The van der Waals surface area contributed by atoms with Gasteiger partial charge in [0, 0.05) is 13.1 Å². The van der Waals surface area contributed by atoms with Crippen molar-refractivity contribution in [1.29, 1.82) is 0 Å². The zero-order valence-electron chi connectivity index (χ0n) is 10.5. The smallest absolute Gasteiger partial charge is 0.226 e. The molecule has 1 N–H and O–H groups in total. The lowest BCUT2D eigenvalue weighted by Gasteiger charge is -2.35. The van der Waals surface area contributed by atoms with Crippen LogP contribution in [0.2, 0.25) is 5.28 Å². The van der Waals surface area contributed by atoms with E-state index in [-0.39, 0.29) is 5.28 Å². The summed E-state index contributed by atoms with van der Waals surface area (Å²) in [6, 6.07) is 0. The second kappa shape index (κ2) is 4.39. The minimum absolute atomic E-state index is 0.260. The summed E-state index contributed by atoms with van der Waals surface area (Å²) < 4.78 is 0.